The molecule has 0 atom stereocenters. The van der Waals surface area contributed by atoms with Crippen LogP contribution in [0, 0.1) is 0 Å². The predicted molar refractivity (Wildman–Crippen MR) is 104 cm³/mol. The van der Waals surface area contributed by atoms with E-state index in [4.69, 9.17) is 16.6 Å². The van der Waals surface area contributed by atoms with Gasteiger partial charge in [-0.25, -0.2) is 4.98 Å². The number of carbonyl (C=O) groups excluding carboxylic acids is 1. The fraction of sp³-hybridized carbons (Fsp3) is 0.211. The number of anilines is 1. The van der Waals surface area contributed by atoms with Crippen LogP contribution >= 0.6 is 12.2 Å². The number of nitrogens with zero attached hydrogens (tertiary/aromatic N) is 1. The zero-order chi connectivity index (χ0) is 18.0. The highest BCUT2D eigenvalue weighted by atomic mass is 32.1. The SMILES string of the molecule is CC(=O)NC(=S)Nc1ccc2oc(-c3ccc(C(C)C)cc3)nc2c1. The van der Waals surface area contributed by atoms with Crippen LogP contribution in [0.15, 0.2) is 46.9 Å². The molecule has 3 aromatic rings. The van der Waals surface area contributed by atoms with Gasteiger partial charge in [-0.05, 0) is 54.0 Å². The Bertz CT molecular complexity index is 929. The minimum absolute atomic E-state index is 0.216. The second-order valence-electron chi connectivity index (χ2n) is 6.11. The normalized spacial score (nSPS) is 10.9. The highest BCUT2D eigenvalue weighted by Crippen LogP contribution is 2.27. The van der Waals surface area contributed by atoms with Crippen molar-refractivity contribution in [3.8, 4) is 11.5 Å². The lowest BCUT2D eigenvalue weighted by Gasteiger charge is -2.07. The van der Waals surface area contributed by atoms with E-state index in [1.807, 2.05) is 30.3 Å². The molecule has 25 heavy (non-hydrogen) atoms. The van der Waals surface area contributed by atoms with Crippen molar-refractivity contribution in [1.29, 1.82) is 0 Å². The van der Waals surface area contributed by atoms with Crippen LogP contribution in [0.25, 0.3) is 22.6 Å². The van der Waals surface area contributed by atoms with Gasteiger partial charge in [0, 0.05) is 18.2 Å². The quantitative estimate of drug-likeness (QED) is 0.681. The maximum atomic E-state index is 11.0. The largest absolute Gasteiger partial charge is 0.436 e. The van der Waals surface area contributed by atoms with Crippen LogP contribution in [-0.2, 0) is 4.79 Å². The second-order valence-corrected chi connectivity index (χ2v) is 6.52. The summed E-state index contributed by atoms with van der Waals surface area (Å²) in [6.07, 6.45) is 0. The topological polar surface area (TPSA) is 67.2 Å². The number of hydrogen-bond acceptors (Lipinski definition) is 4. The summed E-state index contributed by atoms with van der Waals surface area (Å²) in [7, 11) is 0. The first-order valence-corrected chi connectivity index (χ1v) is 8.42. The summed E-state index contributed by atoms with van der Waals surface area (Å²) in [6.45, 7) is 5.73. The number of benzene rings is 2. The standard InChI is InChI=1S/C19H19N3O2S/c1-11(2)13-4-6-14(7-5-13)18-22-16-10-15(8-9-17(16)24-18)21-19(25)20-12(3)23/h4-11H,1-3H3,(H2,20,21,23,25). The summed E-state index contributed by atoms with van der Waals surface area (Å²) in [5.41, 5.74) is 4.36. The molecule has 2 aromatic carbocycles. The minimum atomic E-state index is -0.216. The first kappa shape index (κ1) is 17.1. The molecule has 0 radical (unpaired) electrons. The van der Waals surface area contributed by atoms with Crippen LogP contribution in [0.1, 0.15) is 32.3 Å². The Morgan fingerprint density at radius 2 is 1.88 bits per heavy atom. The van der Waals surface area contributed by atoms with Crippen LogP contribution in [0.5, 0.6) is 0 Å². The van der Waals surface area contributed by atoms with Crippen LogP contribution in [-0.4, -0.2) is 16.0 Å². The third kappa shape index (κ3) is 4.03. The van der Waals surface area contributed by atoms with Crippen molar-refractivity contribution in [2.24, 2.45) is 0 Å². The number of thiocarbonyl (C=S) groups is 1. The van der Waals surface area contributed by atoms with Gasteiger partial charge in [0.1, 0.15) is 5.52 Å². The highest BCUT2D eigenvalue weighted by molar-refractivity contribution is 7.80. The smallest absolute Gasteiger partial charge is 0.227 e. The van der Waals surface area contributed by atoms with Crippen molar-refractivity contribution < 1.29 is 9.21 Å². The van der Waals surface area contributed by atoms with Gasteiger partial charge in [-0.15, -0.1) is 0 Å². The van der Waals surface area contributed by atoms with E-state index in [1.165, 1.54) is 12.5 Å². The zero-order valence-electron chi connectivity index (χ0n) is 14.3. The van der Waals surface area contributed by atoms with Gasteiger partial charge in [-0.2, -0.15) is 0 Å². The van der Waals surface area contributed by atoms with Crippen molar-refractivity contribution >= 4 is 40.0 Å². The first-order chi connectivity index (χ1) is 11.9. The number of aromatic nitrogens is 1. The molecule has 0 aliphatic heterocycles. The molecule has 128 valence electrons. The molecule has 3 rings (SSSR count). The Kier molecular flexibility index (Phi) is 4.81. The maximum absolute atomic E-state index is 11.0. The summed E-state index contributed by atoms with van der Waals surface area (Å²) in [6, 6.07) is 13.7. The van der Waals surface area contributed by atoms with E-state index in [0.717, 1.165) is 16.8 Å². The lowest BCUT2D eigenvalue weighted by Crippen LogP contribution is -2.32. The van der Waals surface area contributed by atoms with E-state index < -0.39 is 0 Å². The van der Waals surface area contributed by atoms with Gasteiger partial charge in [-0.3, -0.25) is 4.79 Å². The molecule has 0 bridgehead atoms. The number of rotatable bonds is 3. The van der Waals surface area contributed by atoms with Gasteiger partial charge in [-0.1, -0.05) is 26.0 Å². The van der Waals surface area contributed by atoms with Gasteiger partial charge in [0.25, 0.3) is 0 Å². The number of carbonyl (C=O) groups is 1. The van der Waals surface area contributed by atoms with E-state index in [-0.39, 0.29) is 11.0 Å². The zero-order valence-corrected chi connectivity index (χ0v) is 15.1. The molecule has 0 aliphatic carbocycles. The molecule has 0 fully saturated rings. The van der Waals surface area contributed by atoms with Crippen LogP contribution in [0.2, 0.25) is 0 Å². The number of fused-ring (bicyclic) bond motifs is 1. The van der Waals surface area contributed by atoms with Gasteiger partial charge in [0.15, 0.2) is 10.7 Å². The molecule has 1 amide bonds. The van der Waals surface area contributed by atoms with E-state index in [2.05, 4.69) is 41.6 Å². The number of hydrogen-bond donors (Lipinski definition) is 2. The molecule has 2 N–H and O–H groups in total. The van der Waals surface area contributed by atoms with E-state index in [0.29, 0.717) is 17.4 Å². The molecule has 0 saturated heterocycles. The highest BCUT2D eigenvalue weighted by Gasteiger charge is 2.10. The molecule has 6 heteroatoms. The van der Waals surface area contributed by atoms with Gasteiger partial charge in [0.05, 0.1) is 0 Å². The number of nitrogens with one attached hydrogen (secondary N) is 2. The monoisotopic (exact) mass is 353 g/mol. The average Bonchev–Trinajstić information content (AvgIpc) is 2.97. The molecule has 0 aliphatic rings. The Morgan fingerprint density at radius 3 is 2.52 bits per heavy atom. The fourth-order valence-corrected chi connectivity index (χ4v) is 2.72. The third-order valence-corrected chi connectivity index (χ3v) is 3.96. The molecule has 5 nitrogen and oxygen atoms in total. The Morgan fingerprint density at radius 1 is 1.16 bits per heavy atom. The molecular formula is C19H19N3O2S. The minimum Gasteiger partial charge on any atom is -0.436 e. The van der Waals surface area contributed by atoms with Crippen molar-refractivity contribution in [2.45, 2.75) is 26.7 Å². The molecule has 1 aromatic heterocycles. The van der Waals surface area contributed by atoms with E-state index >= 15 is 0 Å². The van der Waals surface area contributed by atoms with Crippen LogP contribution in [0.3, 0.4) is 0 Å². The Balaban J connectivity index is 1.84. The summed E-state index contributed by atoms with van der Waals surface area (Å²) in [5.74, 6) is 0.845. The molecular weight excluding hydrogens is 334 g/mol. The summed E-state index contributed by atoms with van der Waals surface area (Å²) in [5, 5.41) is 5.72. The van der Waals surface area contributed by atoms with Gasteiger partial charge < -0.3 is 15.1 Å². The lowest BCUT2D eigenvalue weighted by atomic mass is 10.0. The van der Waals surface area contributed by atoms with E-state index in [1.54, 1.807) is 0 Å². The molecule has 0 unspecified atom stereocenters. The number of oxazole rings is 1. The Labute approximate surface area is 151 Å². The van der Waals surface area contributed by atoms with Crippen LogP contribution in [0.4, 0.5) is 5.69 Å². The van der Waals surface area contributed by atoms with E-state index in [9.17, 15) is 4.79 Å². The van der Waals surface area contributed by atoms with Gasteiger partial charge >= 0.3 is 0 Å². The Hall–Kier alpha value is -2.73. The molecule has 1 heterocycles. The summed E-state index contributed by atoms with van der Waals surface area (Å²) in [4.78, 5) is 15.6. The molecule has 0 saturated carbocycles. The fourth-order valence-electron chi connectivity index (χ4n) is 2.46. The van der Waals surface area contributed by atoms with Crippen molar-refractivity contribution in [1.82, 2.24) is 10.3 Å². The van der Waals surface area contributed by atoms with Crippen LogP contribution < -0.4 is 10.6 Å². The summed E-state index contributed by atoms with van der Waals surface area (Å²) < 4.78 is 5.84. The summed E-state index contributed by atoms with van der Waals surface area (Å²) >= 11 is 5.06. The van der Waals surface area contributed by atoms with Crippen molar-refractivity contribution in [3.05, 3.63) is 48.0 Å². The van der Waals surface area contributed by atoms with Crippen molar-refractivity contribution in [3.63, 3.8) is 0 Å². The average molecular weight is 353 g/mol. The predicted octanol–water partition coefficient (Wildman–Crippen LogP) is 4.45. The lowest BCUT2D eigenvalue weighted by molar-refractivity contribution is -0.117. The maximum Gasteiger partial charge on any atom is 0.227 e. The molecule has 0 spiro atoms. The number of amides is 1. The third-order valence-electron chi connectivity index (χ3n) is 3.76. The van der Waals surface area contributed by atoms with Gasteiger partial charge in [0.2, 0.25) is 11.8 Å². The van der Waals surface area contributed by atoms with Crippen molar-refractivity contribution in [2.75, 3.05) is 5.32 Å². The second kappa shape index (κ2) is 7.03. The first-order valence-electron chi connectivity index (χ1n) is 8.02.